The van der Waals surface area contributed by atoms with Gasteiger partial charge in [-0.25, -0.2) is 4.79 Å². The van der Waals surface area contributed by atoms with Crippen LogP contribution in [0.4, 0.5) is 4.79 Å². The van der Waals surface area contributed by atoms with Gasteiger partial charge in [0.1, 0.15) is 4.83 Å². The fraction of sp³-hybridized carbons (Fsp3) is 0.500. The predicted octanol–water partition coefficient (Wildman–Crippen LogP) is 8.03. The fourth-order valence-corrected chi connectivity index (χ4v) is 9.66. The average Bonchev–Trinajstić information content (AvgIpc) is 3.93. The molecular weight excluding hydrogens is 645 g/mol. The number of benzene rings is 1. The van der Waals surface area contributed by atoms with Gasteiger partial charge in [-0.3, -0.25) is 20.1 Å². The van der Waals surface area contributed by atoms with E-state index in [1.165, 1.54) is 22.3 Å². The van der Waals surface area contributed by atoms with Gasteiger partial charge in [0.05, 0.1) is 17.7 Å². The van der Waals surface area contributed by atoms with Gasteiger partial charge in [0.25, 0.3) is 0 Å². The topological polar surface area (TPSA) is 103 Å². The van der Waals surface area contributed by atoms with Crippen LogP contribution in [0.1, 0.15) is 98.8 Å². The van der Waals surface area contributed by atoms with E-state index in [-0.39, 0.29) is 18.4 Å². The molecule has 1 unspecified atom stereocenters. The lowest BCUT2D eigenvalue weighted by molar-refractivity contribution is -0.137. The molecule has 264 valence electrons. The number of nitrogens with one attached hydrogen (secondary N) is 2. The van der Waals surface area contributed by atoms with E-state index in [9.17, 15) is 9.59 Å². The molecular formula is C40H50N6O3S. The Balaban J connectivity index is 1.23. The first-order valence-corrected chi connectivity index (χ1v) is 19.1. The van der Waals surface area contributed by atoms with E-state index in [2.05, 4.69) is 96.1 Å². The number of nitrogens with zero attached hydrogens (tertiary/aromatic N) is 4. The highest BCUT2D eigenvalue weighted by Crippen LogP contribution is 2.46. The molecule has 2 bridgehead atoms. The number of aliphatic imine (C=N–C) groups is 1. The van der Waals surface area contributed by atoms with Crippen molar-refractivity contribution in [2.75, 3.05) is 26.2 Å². The normalized spacial score (nSPS) is 21.3. The van der Waals surface area contributed by atoms with Gasteiger partial charge in [-0.2, -0.15) is 0 Å². The minimum Gasteiger partial charge on any atom is -0.450 e. The Labute approximate surface area is 299 Å². The first kappa shape index (κ1) is 34.3. The Morgan fingerprint density at radius 1 is 1.06 bits per heavy atom. The Morgan fingerprint density at radius 3 is 2.40 bits per heavy atom. The molecule has 6 heterocycles. The maximum atomic E-state index is 14.1. The number of H-pyrrole nitrogens is 1. The van der Waals surface area contributed by atoms with Crippen molar-refractivity contribution in [1.29, 1.82) is 0 Å². The number of rotatable bonds is 8. The van der Waals surface area contributed by atoms with Gasteiger partial charge in [0.15, 0.2) is 0 Å². The van der Waals surface area contributed by atoms with E-state index in [4.69, 9.17) is 9.73 Å². The van der Waals surface area contributed by atoms with Crippen molar-refractivity contribution in [1.82, 2.24) is 25.1 Å². The number of aromatic nitrogens is 2. The Bertz CT molecular complexity index is 1870. The molecule has 3 aliphatic rings. The first-order chi connectivity index (χ1) is 24.0. The number of fused-ring (bicyclic) bond motifs is 3. The highest BCUT2D eigenvalue weighted by Gasteiger charge is 2.47. The molecule has 2 amide bonds. The number of thiophene rings is 1. The number of alkyl carbamates (subject to hydrolysis) is 1. The number of likely N-dealkylation sites (tertiary alicyclic amines) is 1. The average molecular weight is 695 g/mol. The summed E-state index contributed by atoms with van der Waals surface area (Å²) in [5.74, 6) is 1.14. The van der Waals surface area contributed by atoms with Crippen LogP contribution < -0.4 is 5.32 Å². The zero-order chi connectivity index (χ0) is 35.2. The van der Waals surface area contributed by atoms with Crippen molar-refractivity contribution in [2.45, 2.75) is 103 Å². The van der Waals surface area contributed by atoms with Gasteiger partial charge < -0.3 is 19.5 Å². The lowest BCUT2D eigenvalue weighted by Gasteiger charge is -2.31. The summed E-state index contributed by atoms with van der Waals surface area (Å²) in [5.41, 5.74) is 6.46. The second kappa shape index (κ2) is 13.9. The molecule has 50 heavy (non-hydrogen) atoms. The quantitative estimate of drug-likeness (QED) is 0.144. The third kappa shape index (κ3) is 6.54. The van der Waals surface area contributed by atoms with E-state index in [0.717, 1.165) is 71.5 Å². The van der Waals surface area contributed by atoms with Gasteiger partial charge in [-0.05, 0) is 114 Å². The smallest absolute Gasteiger partial charge is 0.413 e. The number of guanidine groups is 1. The van der Waals surface area contributed by atoms with Gasteiger partial charge in [0.2, 0.25) is 11.9 Å². The number of carbonyl (C=O) groups is 2. The number of aryl methyl sites for hydroxylation is 2. The van der Waals surface area contributed by atoms with Crippen LogP contribution in [0, 0.1) is 13.8 Å². The third-order valence-corrected chi connectivity index (χ3v) is 12.4. The van der Waals surface area contributed by atoms with E-state index < -0.39 is 11.5 Å². The van der Waals surface area contributed by atoms with Gasteiger partial charge in [-0.1, -0.05) is 24.1 Å². The summed E-state index contributed by atoms with van der Waals surface area (Å²) in [7, 11) is 0. The molecule has 10 heteroatoms. The van der Waals surface area contributed by atoms with E-state index in [1.807, 2.05) is 12.4 Å². The van der Waals surface area contributed by atoms with Crippen molar-refractivity contribution in [2.24, 2.45) is 4.99 Å². The maximum Gasteiger partial charge on any atom is 0.413 e. The van der Waals surface area contributed by atoms with Crippen molar-refractivity contribution >= 4 is 39.5 Å². The minimum atomic E-state index is -0.619. The van der Waals surface area contributed by atoms with Crippen LogP contribution in [-0.4, -0.2) is 76.1 Å². The van der Waals surface area contributed by atoms with Crippen LogP contribution in [0.3, 0.4) is 0 Å². The first-order valence-electron chi connectivity index (χ1n) is 18.2. The Morgan fingerprint density at radius 2 is 1.74 bits per heavy atom. The maximum absolute atomic E-state index is 14.1. The molecule has 0 radical (unpaired) electrons. The molecule has 0 spiro atoms. The summed E-state index contributed by atoms with van der Waals surface area (Å²) < 4.78 is 5.29. The highest BCUT2D eigenvalue weighted by molar-refractivity contribution is 7.19. The number of ether oxygens (including phenoxy) is 1. The van der Waals surface area contributed by atoms with Gasteiger partial charge >= 0.3 is 6.09 Å². The van der Waals surface area contributed by atoms with Gasteiger partial charge in [-0.15, -0.1) is 11.3 Å². The predicted molar refractivity (Wildman–Crippen MR) is 201 cm³/mol. The molecule has 7 rings (SSSR count). The van der Waals surface area contributed by atoms with Crippen LogP contribution in [0.2, 0.25) is 0 Å². The van der Waals surface area contributed by atoms with Crippen molar-refractivity contribution in [3.63, 3.8) is 0 Å². The summed E-state index contributed by atoms with van der Waals surface area (Å²) in [6.45, 7) is 14.8. The molecule has 3 aromatic heterocycles. The molecule has 2 atom stereocenters. The van der Waals surface area contributed by atoms with Crippen LogP contribution >= 0.6 is 11.3 Å². The monoisotopic (exact) mass is 694 g/mol. The zero-order valence-electron chi connectivity index (χ0n) is 30.2. The second-order valence-electron chi connectivity index (χ2n) is 15.1. The largest absolute Gasteiger partial charge is 0.450 e. The van der Waals surface area contributed by atoms with Crippen molar-refractivity contribution in [3.05, 3.63) is 75.9 Å². The van der Waals surface area contributed by atoms with Crippen molar-refractivity contribution in [3.8, 4) is 11.3 Å². The fourth-order valence-electron chi connectivity index (χ4n) is 8.49. The Kier molecular flexibility index (Phi) is 9.50. The molecule has 3 fully saturated rings. The summed E-state index contributed by atoms with van der Waals surface area (Å²) in [6, 6.07) is 13.8. The highest BCUT2D eigenvalue weighted by atomic mass is 32.1. The number of carbonyl (C=O) groups excluding carboxylic acids is 2. The Hall–Kier alpha value is -4.18. The minimum absolute atomic E-state index is 0.00727. The van der Waals surface area contributed by atoms with E-state index in [1.54, 1.807) is 18.3 Å². The SMILES string of the molecule is CCOC(=O)NC(=NC[C@@H](C)c1c(-c2cc(C)cc(C)c2)[nH]c2sc(C(C)(C)C(=O)N3C4CCC3CC4)cc12)N1CCC(c2ccncc2)C1. The van der Waals surface area contributed by atoms with E-state index >= 15 is 0 Å². The number of hydrogen-bond donors (Lipinski definition) is 2. The van der Waals surface area contributed by atoms with Gasteiger partial charge in [0, 0.05) is 66.2 Å². The zero-order valence-corrected chi connectivity index (χ0v) is 31.0. The van der Waals surface area contributed by atoms with Crippen molar-refractivity contribution < 1.29 is 14.3 Å². The number of amides is 2. The third-order valence-electron chi connectivity index (χ3n) is 11.0. The summed E-state index contributed by atoms with van der Waals surface area (Å²) >= 11 is 1.70. The number of hydrogen-bond acceptors (Lipinski definition) is 6. The molecule has 3 aliphatic heterocycles. The molecule has 9 nitrogen and oxygen atoms in total. The van der Waals surface area contributed by atoms with Crippen LogP contribution in [0.5, 0.6) is 0 Å². The number of pyridine rings is 1. The van der Waals surface area contributed by atoms with E-state index in [0.29, 0.717) is 30.5 Å². The summed E-state index contributed by atoms with van der Waals surface area (Å²) in [5, 5.41) is 4.11. The molecule has 2 N–H and O–H groups in total. The summed E-state index contributed by atoms with van der Waals surface area (Å²) in [4.78, 5) is 46.5. The second-order valence-corrected chi connectivity index (χ2v) is 16.1. The van der Waals surface area contributed by atoms with Crippen LogP contribution in [-0.2, 0) is 14.9 Å². The molecule has 0 aliphatic carbocycles. The molecule has 4 aromatic rings. The lowest BCUT2D eigenvalue weighted by Crippen LogP contribution is -2.45. The van der Waals surface area contributed by atoms with Crippen LogP contribution in [0.25, 0.3) is 21.5 Å². The lowest BCUT2D eigenvalue weighted by atomic mass is 9.88. The standard InChI is InChI=1S/C40H50N6O3S/c1-7-49-39(48)44-38(45-17-14-28(23-45)27-12-15-41-16-13-27)42-22-26(4)34-32-21-33(40(5,6)37(47)46-30-8-9-31(46)11-10-30)50-36(32)43-35(34)29-19-24(2)18-25(3)20-29/h12-13,15-16,18-21,26,28,30-31,43H,7-11,14,17,22-23H2,1-6H3,(H,42,44,48)/t26-,28?,30?,31?/m1/s1. The number of aromatic amines is 1. The molecule has 3 saturated heterocycles. The summed E-state index contributed by atoms with van der Waals surface area (Å²) in [6.07, 6.45) is 8.67. The van der Waals surface area contributed by atoms with Crippen LogP contribution in [0.15, 0.2) is 53.8 Å². The molecule has 0 saturated carbocycles. The molecule has 1 aromatic carbocycles.